The van der Waals surface area contributed by atoms with E-state index in [1.165, 1.54) is 16.3 Å². The monoisotopic (exact) mass is 447 g/mol. The highest BCUT2D eigenvalue weighted by Gasteiger charge is 2.27. The number of hydrogen-bond donors (Lipinski definition) is 0. The predicted molar refractivity (Wildman–Crippen MR) is 125 cm³/mol. The van der Waals surface area contributed by atoms with E-state index in [0.717, 1.165) is 46.9 Å². The van der Waals surface area contributed by atoms with Crippen LogP contribution in [0.2, 0.25) is 0 Å². The Hall–Kier alpha value is -3.13. The van der Waals surface area contributed by atoms with Crippen LogP contribution in [0.3, 0.4) is 0 Å². The third kappa shape index (κ3) is 3.68. The van der Waals surface area contributed by atoms with Gasteiger partial charge in [0.05, 0.1) is 6.54 Å². The lowest BCUT2D eigenvalue weighted by molar-refractivity contribution is 0.486. The molecule has 8 heteroatoms. The molecular weight excluding hydrogens is 422 g/mol. The highest BCUT2D eigenvalue weighted by Crippen LogP contribution is 2.35. The molecular formula is C24H25N5O2S. The van der Waals surface area contributed by atoms with Crippen molar-refractivity contribution in [3.05, 3.63) is 80.8 Å². The van der Waals surface area contributed by atoms with Crippen molar-refractivity contribution < 1.29 is 0 Å². The van der Waals surface area contributed by atoms with Gasteiger partial charge in [-0.1, -0.05) is 48.9 Å². The molecule has 0 bridgehead atoms. The molecule has 0 atom stereocenters. The van der Waals surface area contributed by atoms with Crippen molar-refractivity contribution in [3.63, 3.8) is 0 Å². The lowest BCUT2D eigenvalue weighted by Crippen LogP contribution is -2.39. The van der Waals surface area contributed by atoms with E-state index in [1.807, 2.05) is 60.3 Å². The van der Waals surface area contributed by atoms with Crippen molar-refractivity contribution in [3.8, 4) is 0 Å². The summed E-state index contributed by atoms with van der Waals surface area (Å²) in [4.78, 5) is 31.8. The molecule has 1 aromatic carbocycles. The van der Waals surface area contributed by atoms with Crippen LogP contribution >= 0.6 is 11.8 Å². The zero-order valence-corrected chi connectivity index (χ0v) is 19.0. The Bertz CT molecular complexity index is 1380. The Morgan fingerprint density at radius 3 is 2.50 bits per heavy atom. The van der Waals surface area contributed by atoms with Crippen molar-refractivity contribution in [2.24, 2.45) is 7.05 Å². The fourth-order valence-electron chi connectivity index (χ4n) is 4.36. The standard InChI is InChI=1S/C24H25N5O2S/c1-16-12-13-17(14-25-16)15-28-23(32-19-10-4-3-5-11-19)20-21(26-28)29(18-8-6-7-9-18)24(31)27(2)22(20)30/h3-5,10-14,18H,6-9,15H2,1-2H3. The molecule has 0 unspecified atom stereocenters. The van der Waals surface area contributed by atoms with E-state index < -0.39 is 0 Å². The first-order valence-corrected chi connectivity index (χ1v) is 11.7. The molecule has 0 spiro atoms. The van der Waals surface area contributed by atoms with E-state index in [9.17, 15) is 9.59 Å². The third-order valence-electron chi connectivity index (χ3n) is 6.08. The molecule has 1 aliphatic rings. The van der Waals surface area contributed by atoms with Gasteiger partial charge in [-0.15, -0.1) is 0 Å². The zero-order valence-electron chi connectivity index (χ0n) is 18.2. The van der Waals surface area contributed by atoms with Crippen molar-refractivity contribution in [1.29, 1.82) is 0 Å². The van der Waals surface area contributed by atoms with E-state index in [4.69, 9.17) is 5.10 Å². The van der Waals surface area contributed by atoms with Gasteiger partial charge in [0.2, 0.25) is 0 Å². The molecule has 1 fully saturated rings. The predicted octanol–water partition coefficient (Wildman–Crippen LogP) is 3.91. The normalized spacial score (nSPS) is 14.4. The molecule has 0 saturated heterocycles. The lowest BCUT2D eigenvalue weighted by atomic mass is 10.2. The SMILES string of the molecule is Cc1ccc(Cn2nc3c(c2Sc2ccccc2)c(=O)n(C)c(=O)n3C2CCCC2)cn1. The average Bonchev–Trinajstić information content (AvgIpc) is 3.44. The van der Waals surface area contributed by atoms with Crippen LogP contribution in [0.25, 0.3) is 11.0 Å². The van der Waals surface area contributed by atoms with Gasteiger partial charge in [-0.25, -0.2) is 4.79 Å². The van der Waals surface area contributed by atoms with Crippen LogP contribution in [0.4, 0.5) is 0 Å². The van der Waals surface area contributed by atoms with Gasteiger partial charge in [-0.2, -0.15) is 5.10 Å². The van der Waals surface area contributed by atoms with E-state index >= 15 is 0 Å². The fourth-order valence-corrected chi connectivity index (χ4v) is 5.37. The molecule has 0 amide bonds. The molecule has 164 valence electrons. The molecule has 32 heavy (non-hydrogen) atoms. The topological polar surface area (TPSA) is 74.7 Å². The van der Waals surface area contributed by atoms with Gasteiger partial charge < -0.3 is 0 Å². The summed E-state index contributed by atoms with van der Waals surface area (Å²) in [5.74, 6) is 0. The molecule has 5 rings (SSSR count). The summed E-state index contributed by atoms with van der Waals surface area (Å²) in [6, 6.07) is 14.0. The molecule has 7 nitrogen and oxygen atoms in total. The van der Waals surface area contributed by atoms with Gasteiger partial charge in [0.25, 0.3) is 5.56 Å². The Labute approximate surface area is 189 Å². The lowest BCUT2D eigenvalue weighted by Gasteiger charge is -2.15. The highest BCUT2D eigenvalue weighted by molar-refractivity contribution is 7.99. The number of fused-ring (bicyclic) bond motifs is 1. The molecule has 0 radical (unpaired) electrons. The molecule has 3 aromatic heterocycles. The summed E-state index contributed by atoms with van der Waals surface area (Å²) in [6.45, 7) is 2.42. The minimum atomic E-state index is -0.300. The summed E-state index contributed by atoms with van der Waals surface area (Å²) in [7, 11) is 1.56. The number of benzene rings is 1. The summed E-state index contributed by atoms with van der Waals surface area (Å²) in [5, 5.41) is 6.11. The maximum absolute atomic E-state index is 13.3. The largest absolute Gasteiger partial charge is 0.332 e. The van der Waals surface area contributed by atoms with Crippen molar-refractivity contribution >= 4 is 22.8 Å². The van der Waals surface area contributed by atoms with E-state index in [-0.39, 0.29) is 17.3 Å². The second-order valence-electron chi connectivity index (χ2n) is 8.34. The van der Waals surface area contributed by atoms with Gasteiger partial charge in [0.15, 0.2) is 5.65 Å². The van der Waals surface area contributed by atoms with Crippen LogP contribution in [-0.2, 0) is 13.6 Å². The van der Waals surface area contributed by atoms with Crippen LogP contribution in [0.15, 0.2) is 68.2 Å². The quantitative estimate of drug-likeness (QED) is 0.464. The van der Waals surface area contributed by atoms with E-state index in [1.54, 1.807) is 11.6 Å². The Morgan fingerprint density at radius 2 is 1.81 bits per heavy atom. The van der Waals surface area contributed by atoms with Crippen molar-refractivity contribution in [2.75, 3.05) is 0 Å². The van der Waals surface area contributed by atoms with Crippen LogP contribution < -0.4 is 11.2 Å². The number of aryl methyl sites for hydroxylation is 1. The molecule has 1 saturated carbocycles. The minimum Gasteiger partial charge on any atom is -0.273 e. The number of rotatable bonds is 5. The smallest absolute Gasteiger partial charge is 0.273 e. The van der Waals surface area contributed by atoms with Gasteiger partial charge in [0.1, 0.15) is 10.4 Å². The number of pyridine rings is 1. The molecule has 0 N–H and O–H groups in total. The maximum Gasteiger partial charge on any atom is 0.332 e. The molecule has 0 aliphatic heterocycles. The van der Waals surface area contributed by atoms with Gasteiger partial charge >= 0.3 is 5.69 Å². The maximum atomic E-state index is 13.3. The first-order valence-electron chi connectivity index (χ1n) is 10.9. The summed E-state index contributed by atoms with van der Waals surface area (Å²) >= 11 is 1.50. The fraction of sp³-hybridized carbons (Fsp3) is 0.333. The van der Waals surface area contributed by atoms with Crippen LogP contribution in [0, 0.1) is 6.92 Å². The third-order valence-corrected chi connectivity index (χ3v) is 7.20. The second-order valence-corrected chi connectivity index (χ2v) is 9.40. The van der Waals surface area contributed by atoms with Crippen molar-refractivity contribution in [1.82, 2.24) is 23.9 Å². The van der Waals surface area contributed by atoms with Crippen LogP contribution in [0.1, 0.15) is 43.0 Å². The zero-order chi connectivity index (χ0) is 22.2. The van der Waals surface area contributed by atoms with E-state index in [0.29, 0.717) is 17.6 Å². The van der Waals surface area contributed by atoms with Crippen LogP contribution in [-0.4, -0.2) is 23.9 Å². The second kappa shape index (κ2) is 8.43. The average molecular weight is 448 g/mol. The van der Waals surface area contributed by atoms with E-state index in [2.05, 4.69) is 4.98 Å². The Morgan fingerprint density at radius 1 is 1.06 bits per heavy atom. The summed E-state index contributed by atoms with van der Waals surface area (Å²) < 4.78 is 4.83. The highest BCUT2D eigenvalue weighted by atomic mass is 32.2. The number of hydrogen-bond acceptors (Lipinski definition) is 5. The van der Waals surface area contributed by atoms with Crippen LogP contribution in [0.5, 0.6) is 0 Å². The summed E-state index contributed by atoms with van der Waals surface area (Å²) in [5.41, 5.74) is 1.84. The van der Waals surface area contributed by atoms with Gasteiger partial charge in [-0.05, 0) is 43.5 Å². The molecule has 3 heterocycles. The Balaban J connectivity index is 1.75. The van der Waals surface area contributed by atoms with Gasteiger partial charge in [-0.3, -0.25) is 23.6 Å². The molecule has 1 aliphatic carbocycles. The van der Waals surface area contributed by atoms with Gasteiger partial charge in [0, 0.05) is 29.9 Å². The first-order chi connectivity index (χ1) is 15.5. The molecule has 4 aromatic rings. The summed E-state index contributed by atoms with van der Waals surface area (Å²) in [6.07, 6.45) is 5.87. The minimum absolute atomic E-state index is 0.0794. The number of nitrogens with zero attached hydrogens (tertiary/aromatic N) is 5. The number of aromatic nitrogens is 5. The van der Waals surface area contributed by atoms with Crippen molar-refractivity contribution in [2.45, 2.75) is 55.1 Å². The Kier molecular flexibility index (Phi) is 5.46. The first kappa shape index (κ1) is 20.8.